The Morgan fingerprint density at radius 2 is 1.71 bits per heavy atom. The maximum atomic E-state index is 12.5. The molecule has 2 fully saturated rings. The standard InChI is InChI=1S/C18H24BrN3O7S.C11H18O.C2H6O/c1-18(2,3)28-17(25)21-9-15(23)22-10-12(8-14(22)16(20)24)29-30(26,27)13-6-4-11(19)5-7-13;1-2-3-4-5-6-7-10-8-11(10)9-12;1-3-2/h4-7,12,14H,8-10H2,1-3H3,(H2,20,24)(H,21,25);6-7,9-11H,2-5,8H2,1H3;1-2H3/b;7-6-;. The van der Waals surface area contributed by atoms with Gasteiger partial charge in [0.15, 0.2) is 0 Å². The maximum absolute atomic E-state index is 12.5. The Bertz CT molecular complexity index is 1230. The van der Waals surface area contributed by atoms with Crippen LogP contribution in [0, 0.1) is 11.8 Å². The molecule has 0 spiro atoms. The topological polar surface area (TPSA) is 171 Å². The van der Waals surface area contributed by atoms with Gasteiger partial charge >= 0.3 is 6.09 Å². The zero-order valence-electron chi connectivity index (χ0n) is 27.0. The second-order valence-corrected chi connectivity index (χ2v) is 14.2. The van der Waals surface area contributed by atoms with Gasteiger partial charge in [-0.1, -0.05) is 47.8 Å². The van der Waals surface area contributed by atoms with Crippen LogP contribution in [0.5, 0.6) is 0 Å². The number of nitrogens with two attached hydrogens (primary N) is 1. The van der Waals surface area contributed by atoms with E-state index in [4.69, 9.17) is 14.7 Å². The molecule has 1 heterocycles. The summed E-state index contributed by atoms with van der Waals surface area (Å²) >= 11 is 3.22. The van der Waals surface area contributed by atoms with Crippen LogP contribution in [0.15, 0.2) is 45.8 Å². The maximum Gasteiger partial charge on any atom is 0.408 e. The third-order valence-electron chi connectivity index (χ3n) is 6.48. The number of methoxy groups -OCH3 is 1. The summed E-state index contributed by atoms with van der Waals surface area (Å²) in [6, 6.07) is 4.79. The van der Waals surface area contributed by atoms with Gasteiger partial charge in [0.25, 0.3) is 10.1 Å². The molecule has 3 rings (SSSR count). The van der Waals surface area contributed by atoms with Gasteiger partial charge in [0, 0.05) is 37.6 Å². The highest BCUT2D eigenvalue weighted by Crippen LogP contribution is 2.37. The first-order chi connectivity index (χ1) is 21.1. The second-order valence-electron chi connectivity index (χ2n) is 11.7. The number of allylic oxidation sites excluding steroid dienone is 2. The lowest BCUT2D eigenvalue weighted by Gasteiger charge is -2.23. The van der Waals surface area contributed by atoms with Crippen LogP contribution >= 0.6 is 15.9 Å². The predicted octanol–water partition coefficient (Wildman–Crippen LogP) is 4.35. The van der Waals surface area contributed by atoms with Crippen molar-refractivity contribution in [3.63, 3.8) is 0 Å². The molecule has 0 radical (unpaired) electrons. The molecule has 254 valence electrons. The molecular formula is C31H48BrN3O9S. The number of amides is 3. The highest BCUT2D eigenvalue weighted by molar-refractivity contribution is 9.10. The van der Waals surface area contributed by atoms with Gasteiger partial charge in [-0.25, -0.2) is 4.79 Å². The van der Waals surface area contributed by atoms with Gasteiger partial charge in [0.1, 0.15) is 24.5 Å². The molecule has 1 aromatic rings. The summed E-state index contributed by atoms with van der Waals surface area (Å²) in [6.45, 7) is 6.62. The number of rotatable bonds is 12. The summed E-state index contributed by atoms with van der Waals surface area (Å²) in [4.78, 5) is 47.3. The third-order valence-corrected chi connectivity index (χ3v) is 8.39. The Morgan fingerprint density at radius 3 is 2.22 bits per heavy atom. The average molecular weight is 719 g/mol. The average Bonchev–Trinajstić information content (AvgIpc) is 3.59. The highest BCUT2D eigenvalue weighted by Gasteiger charge is 2.41. The minimum atomic E-state index is -4.11. The Balaban J connectivity index is 0.000000558. The summed E-state index contributed by atoms with van der Waals surface area (Å²) in [6.07, 6.45) is 9.90. The summed E-state index contributed by atoms with van der Waals surface area (Å²) in [5.41, 5.74) is 4.62. The quantitative estimate of drug-likeness (QED) is 0.138. The number of benzene rings is 1. The van der Waals surface area contributed by atoms with Crippen molar-refractivity contribution in [3.05, 3.63) is 40.9 Å². The molecule has 3 N–H and O–H groups in total. The number of halogens is 1. The van der Waals surface area contributed by atoms with E-state index in [0.29, 0.717) is 16.3 Å². The van der Waals surface area contributed by atoms with E-state index in [1.807, 2.05) is 0 Å². The minimum absolute atomic E-state index is 0.0577. The van der Waals surface area contributed by atoms with Crippen molar-refractivity contribution in [2.45, 2.75) is 88.9 Å². The lowest BCUT2D eigenvalue weighted by Crippen LogP contribution is -2.48. The zero-order chi connectivity index (χ0) is 34.2. The predicted molar refractivity (Wildman–Crippen MR) is 174 cm³/mol. The van der Waals surface area contributed by atoms with E-state index in [9.17, 15) is 27.6 Å². The fraction of sp³-hybridized carbons (Fsp3) is 0.613. The first kappa shape index (κ1) is 40.2. The van der Waals surface area contributed by atoms with Gasteiger partial charge in [-0.3, -0.25) is 13.8 Å². The van der Waals surface area contributed by atoms with Crippen molar-refractivity contribution in [1.29, 1.82) is 0 Å². The Kier molecular flexibility index (Phi) is 17.6. The number of primary amides is 1. The first-order valence-corrected chi connectivity index (χ1v) is 17.0. The SMILES string of the molecule is CC(C)(C)OC(=O)NCC(=O)N1CC(OS(=O)(=O)c2ccc(Br)cc2)CC1C(N)=O.CCCCC/C=C\C1CC1C=O.COC. The molecule has 12 nitrogen and oxygen atoms in total. The van der Waals surface area contributed by atoms with Crippen LogP contribution in [0.2, 0.25) is 0 Å². The highest BCUT2D eigenvalue weighted by atomic mass is 79.9. The Labute approximate surface area is 275 Å². The van der Waals surface area contributed by atoms with Crippen LogP contribution in [-0.2, 0) is 38.2 Å². The van der Waals surface area contributed by atoms with Gasteiger partial charge in [0.2, 0.25) is 11.8 Å². The van der Waals surface area contributed by atoms with E-state index in [1.54, 1.807) is 47.1 Å². The summed E-state index contributed by atoms with van der Waals surface area (Å²) < 4.78 is 40.2. The molecule has 4 atom stereocenters. The molecule has 1 saturated heterocycles. The van der Waals surface area contributed by atoms with Crippen LogP contribution < -0.4 is 11.1 Å². The molecule has 45 heavy (non-hydrogen) atoms. The monoisotopic (exact) mass is 717 g/mol. The molecular weight excluding hydrogens is 670 g/mol. The molecule has 1 saturated carbocycles. The lowest BCUT2D eigenvalue weighted by atomic mass is 10.2. The number of aldehydes is 1. The molecule has 0 aromatic heterocycles. The van der Waals surface area contributed by atoms with E-state index in [1.165, 1.54) is 37.8 Å². The van der Waals surface area contributed by atoms with Crippen molar-refractivity contribution >= 4 is 50.2 Å². The number of carbonyl (C=O) groups excluding carboxylic acids is 4. The van der Waals surface area contributed by atoms with Crippen LogP contribution in [0.4, 0.5) is 4.79 Å². The van der Waals surface area contributed by atoms with Crippen molar-refractivity contribution < 1.29 is 41.3 Å². The number of unbranched alkanes of at least 4 members (excludes halogenated alkanes) is 3. The molecule has 1 aliphatic heterocycles. The van der Waals surface area contributed by atoms with Crippen molar-refractivity contribution in [3.8, 4) is 0 Å². The second kappa shape index (κ2) is 19.6. The van der Waals surface area contributed by atoms with Gasteiger partial charge < -0.3 is 30.2 Å². The molecule has 0 bridgehead atoms. The molecule has 4 unspecified atom stereocenters. The Hall–Kier alpha value is -2.81. The lowest BCUT2D eigenvalue weighted by molar-refractivity contribution is -0.136. The van der Waals surface area contributed by atoms with Crippen molar-refractivity contribution in [1.82, 2.24) is 10.2 Å². The Morgan fingerprint density at radius 1 is 1.09 bits per heavy atom. The number of hydrogen-bond acceptors (Lipinski definition) is 9. The van der Waals surface area contributed by atoms with Gasteiger partial charge in [-0.2, -0.15) is 8.42 Å². The van der Waals surface area contributed by atoms with Crippen LogP contribution in [0.1, 0.15) is 66.2 Å². The third kappa shape index (κ3) is 15.8. The largest absolute Gasteiger partial charge is 0.444 e. The number of likely N-dealkylation sites (tertiary alicyclic amines) is 1. The summed E-state index contributed by atoms with van der Waals surface area (Å²) in [5.74, 6) is -0.471. The molecule has 3 amide bonds. The van der Waals surface area contributed by atoms with Crippen LogP contribution in [0.25, 0.3) is 0 Å². The molecule has 14 heteroatoms. The number of nitrogens with zero attached hydrogens (tertiary/aromatic N) is 1. The summed E-state index contributed by atoms with van der Waals surface area (Å²) in [5, 5.41) is 2.30. The minimum Gasteiger partial charge on any atom is -0.444 e. The van der Waals surface area contributed by atoms with Crippen LogP contribution in [0.3, 0.4) is 0 Å². The summed E-state index contributed by atoms with van der Waals surface area (Å²) in [7, 11) is -0.855. The fourth-order valence-electron chi connectivity index (χ4n) is 4.21. The van der Waals surface area contributed by atoms with E-state index in [0.717, 1.165) is 17.6 Å². The van der Waals surface area contributed by atoms with E-state index < -0.39 is 52.3 Å². The first-order valence-electron chi connectivity index (χ1n) is 14.8. The zero-order valence-corrected chi connectivity index (χ0v) is 29.4. The molecule has 2 aliphatic rings. The van der Waals surface area contributed by atoms with E-state index >= 15 is 0 Å². The fourth-order valence-corrected chi connectivity index (χ4v) is 5.55. The number of hydrogen-bond donors (Lipinski definition) is 2. The van der Waals surface area contributed by atoms with Crippen LogP contribution in [-0.4, -0.2) is 82.6 Å². The van der Waals surface area contributed by atoms with Gasteiger partial charge in [0.05, 0.1) is 11.0 Å². The normalized spacial score (nSPS) is 20.7. The van der Waals surface area contributed by atoms with E-state index in [2.05, 4.69) is 45.1 Å². The number of alkyl carbamates (subject to hydrolysis) is 1. The van der Waals surface area contributed by atoms with Crippen molar-refractivity contribution in [2.75, 3.05) is 27.3 Å². The molecule has 1 aromatic carbocycles. The smallest absolute Gasteiger partial charge is 0.408 e. The molecule has 1 aliphatic carbocycles. The van der Waals surface area contributed by atoms with Gasteiger partial charge in [-0.05, 0) is 70.2 Å². The van der Waals surface area contributed by atoms with Gasteiger partial charge in [-0.15, -0.1) is 0 Å². The number of ether oxygens (including phenoxy) is 2. The number of nitrogens with one attached hydrogen (secondary N) is 1. The van der Waals surface area contributed by atoms with Crippen molar-refractivity contribution in [2.24, 2.45) is 17.6 Å². The van der Waals surface area contributed by atoms with E-state index in [-0.39, 0.29) is 17.9 Å². The number of carbonyl (C=O) groups is 4.